The lowest BCUT2D eigenvalue weighted by Gasteiger charge is -2.18. The summed E-state index contributed by atoms with van der Waals surface area (Å²) in [5.74, 6) is -0.490. The van der Waals surface area contributed by atoms with Crippen LogP contribution in [-0.4, -0.2) is 28.1 Å². The van der Waals surface area contributed by atoms with Crippen molar-refractivity contribution < 1.29 is 9.59 Å². The number of nitrogens with zero attached hydrogens (tertiary/aromatic N) is 3. The van der Waals surface area contributed by atoms with Crippen LogP contribution < -0.4 is 15.8 Å². The molecule has 1 aliphatic heterocycles. The molecule has 0 saturated heterocycles. The zero-order chi connectivity index (χ0) is 21.1. The van der Waals surface area contributed by atoms with Crippen molar-refractivity contribution in [3.05, 3.63) is 76.6 Å². The van der Waals surface area contributed by atoms with Crippen LogP contribution in [0, 0.1) is 0 Å². The first-order valence-electron chi connectivity index (χ1n) is 9.92. The Morgan fingerprint density at radius 2 is 1.80 bits per heavy atom. The molecule has 0 saturated carbocycles. The SMILES string of the molecule is CCC(=O)Nc1cc(-c2ccccc2)nn(CC(=O)N2CCc3ccccc32)c1=O. The topological polar surface area (TPSA) is 84.3 Å². The molecule has 0 aliphatic carbocycles. The van der Waals surface area contributed by atoms with Gasteiger partial charge in [0.1, 0.15) is 12.2 Å². The average molecular weight is 402 g/mol. The van der Waals surface area contributed by atoms with E-state index < -0.39 is 5.56 Å². The second-order valence-electron chi connectivity index (χ2n) is 7.10. The van der Waals surface area contributed by atoms with Crippen LogP contribution in [0.15, 0.2) is 65.5 Å². The molecule has 7 nitrogen and oxygen atoms in total. The lowest BCUT2D eigenvalue weighted by molar-refractivity contribution is -0.119. The third-order valence-electron chi connectivity index (χ3n) is 5.11. The normalized spacial score (nSPS) is 12.5. The maximum atomic E-state index is 13.0. The van der Waals surface area contributed by atoms with Crippen molar-refractivity contribution in [2.75, 3.05) is 16.8 Å². The van der Waals surface area contributed by atoms with Crippen LogP contribution in [0.25, 0.3) is 11.3 Å². The van der Waals surface area contributed by atoms with Crippen LogP contribution in [0.5, 0.6) is 0 Å². The molecule has 2 heterocycles. The van der Waals surface area contributed by atoms with E-state index in [1.165, 1.54) is 0 Å². The second-order valence-corrected chi connectivity index (χ2v) is 7.10. The van der Waals surface area contributed by atoms with Crippen molar-refractivity contribution in [1.29, 1.82) is 0 Å². The van der Waals surface area contributed by atoms with Gasteiger partial charge in [-0.25, -0.2) is 4.68 Å². The predicted molar refractivity (Wildman–Crippen MR) is 115 cm³/mol. The molecule has 3 aromatic rings. The second kappa shape index (κ2) is 8.32. The highest BCUT2D eigenvalue weighted by atomic mass is 16.2. The Bertz CT molecular complexity index is 1150. The highest BCUT2D eigenvalue weighted by Gasteiger charge is 2.25. The Morgan fingerprint density at radius 3 is 2.57 bits per heavy atom. The largest absolute Gasteiger partial charge is 0.321 e. The summed E-state index contributed by atoms with van der Waals surface area (Å²) < 4.78 is 1.14. The number of carbonyl (C=O) groups excluding carboxylic acids is 2. The molecule has 7 heteroatoms. The maximum Gasteiger partial charge on any atom is 0.291 e. The molecular formula is C23H22N4O3. The minimum atomic E-state index is -0.502. The molecule has 4 rings (SSSR count). The number of anilines is 2. The number of aromatic nitrogens is 2. The number of amides is 2. The summed E-state index contributed by atoms with van der Waals surface area (Å²) in [6, 6.07) is 18.6. The first-order chi connectivity index (χ1) is 14.6. The molecular weight excluding hydrogens is 380 g/mol. The molecule has 1 aromatic heterocycles. The third kappa shape index (κ3) is 3.87. The Labute approximate surface area is 174 Å². The van der Waals surface area contributed by atoms with E-state index in [-0.39, 0.29) is 30.5 Å². The molecule has 30 heavy (non-hydrogen) atoms. The van der Waals surface area contributed by atoms with E-state index in [9.17, 15) is 14.4 Å². The van der Waals surface area contributed by atoms with E-state index in [1.54, 1.807) is 17.9 Å². The Kier molecular flexibility index (Phi) is 5.43. The molecule has 2 aromatic carbocycles. The van der Waals surface area contributed by atoms with E-state index in [0.717, 1.165) is 27.9 Å². The third-order valence-corrected chi connectivity index (χ3v) is 5.11. The lowest BCUT2D eigenvalue weighted by Crippen LogP contribution is -2.37. The zero-order valence-electron chi connectivity index (χ0n) is 16.7. The molecule has 152 valence electrons. The fourth-order valence-electron chi connectivity index (χ4n) is 3.54. The van der Waals surface area contributed by atoms with Crippen LogP contribution in [-0.2, 0) is 22.6 Å². The summed E-state index contributed by atoms with van der Waals surface area (Å²) in [7, 11) is 0. The smallest absolute Gasteiger partial charge is 0.291 e. The molecule has 1 N–H and O–H groups in total. The number of para-hydroxylation sites is 1. The fourth-order valence-corrected chi connectivity index (χ4v) is 3.54. The van der Waals surface area contributed by atoms with Gasteiger partial charge in [-0.3, -0.25) is 14.4 Å². The summed E-state index contributed by atoms with van der Waals surface area (Å²) >= 11 is 0. The van der Waals surface area contributed by atoms with Crippen molar-refractivity contribution in [1.82, 2.24) is 9.78 Å². The van der Waals surface area contributed by atoms with E-state index in [0.29, 0.717) is 12.2 Å². The van der Waals surface area contributed by atoms with Crippen LogP contribution in [0.1, 0.15) is 18.9 Å². The quantitative estimate of drug-likeness (QED) is 0.711. The molecule has 0 bridgehead atoms. The summed E-state index contributed by atoms with van der Waals surface area (Å²) in [5.41, 5.74) is 2.89. The predicted octanol–water partition coefficient (Wildman–Crippen LogP) is 2.85. The van der Waals surface area contributed by atoms with E-state index in [4.69, 9.17) is 0 Å². The minimum Gasteiger partial charge on any atom is -0.321 e. The first-order valence-corrected chi connectivity index (χ1v) is 9.92. The highest BCUT2D eigenvalue weighted by Crippen LogP contribution is 2.27. The van der Waals surface area contributed by atoms with Gasteiger partial charge in [-0.2, -0.15) is 5.10 Å². The van der Waals surface area contributed by atoms with Gasteiger partial charge in [0, 0.05) is 24.2 Å². The molecule has 0 unspecified atom stereocenters. The van der Waals surface area contributed by atoms with Gasteiger partial charge in [-0.05, 0) is 24.1 Å². The summed E-state index contributed by atoms with van der Waals surface area (Å²) in [6.45, 7) is 2.08. The number of fused-ring (bicyclic) bond motifs is 1. The standard InChI is InChI=1S/C23H22N4O3/c1-2-21(28)24-19-14-18(16-8-4-3-5-9-16)25-27(23(19)30)15-22(29)26-13-12-17-10-6-7-11-20(17)26/h3-11,14H,2,12-13,15H2,1H3,(H,24,28). The van der Waals surface area contributed by atoms with E-state index >= 15 is 0 Å². The van der Waals surface area contributed by atoms with Gasteiger partial charge >= 0.3 is 0 Å². The molecule has 0 fully saturated rings. The number of carbonyl (C=O) groups is 2. The fraction of sp³-hybridized carbons (Fsp3) is 0.217. The van der Waals surface area contributed by atoms with Crippen molar-refractivity contribution >= 4 is 23.2 Å². The van der Waals surface area contributed by atoms with Gasteiger partial charge in [0.2, 0.25) is 11.8 Å². The zero-order valence-corrected chi connectivity index (χ0v) is 16.7. The van der Waals surface area contributed by atoms with Crippen molar-refractivity contribution in [3.8, 4) is 11.3 Å². The van der Waals surface area contributed by atoms with Gasteiger partial charge in [-0.1, -0.05) is 55.5 Å². The van der Waals surface area contributed by atoms with E-state index in [2.05, 4.69) is 10.4 Å². The molecule has 1 aliphatic rings. The van der Waals surface area contributed by atoms with E-state index in [1.807, 2.05) is 54.6 Å². The molecule has 0 radical (unpaired) electrons. The lowest BCUT2D eigenvalue weighted by atomic mass is 10.1. The minimum absolute atomic E-state index is 0.116. The number of hydrogen-bond acceptors (Lipinski definition) is 4. The Morgan fingerprint density at radius 1 is 1.07 bits per heavy atom. The van der Waals surface area contributed by atoms with Gasteiger partial charge in [0.25, 0.3) is 5.56 Å². The maximum absolute atomic E-state index is 13.0. The average Bonchev–Trinajstić information content (AvgIpc) is 3.21. The van der Waals surface area contributed by atoms with Crippen molar-refractivity contribution in [2.45, 2.75) is 26.3 Å². The summed E-state index contributed by atoms with van der Waals surface area (Å²) in [6.07, 6.45) is 1.03. The van der Waals surface area contributed by atoms with Gasteiger partial charge < -0.3 is 10.2 Å². The van der Waals surface area contributed by atoms with Gasteiger partial charge in [0.05, 0.1) is 5.69 Å². The Hall–Kier alpha value is -3.74. The number of benzene rings is 2. The molecule has 2 amide bonds. The molecule has 0 spiro atoms. The molecule has 0 atom stereocenters. The summed E-state index contributed by atoms with van der Waals surface area (Å²) in [4.78, 5) is 39.5. The number of nitrogens with one attached hydrogen (secondary N) is 1. The van der Waals surface area contributed by atoms with Crippen molar-refractivity contribution in [2.24, 2.45) is 0 Å². The van der Waals surface area contributed by atoms with Crippen LogP contribution in [0.3, 0.4) is 0 Å². The number of rotatable bonds is 5. The Balaban J connectivity index is 1.70. The van der Waals surface area contributed by atoms with Crippen LogP contribution in [0.4, 0.5) is 11.4 Å². The van der Waals surface area contributed by atoms with Gasteiger partial charge in [-0.15, -0.1) is 0 Å². The number of hydrogen-bond donors (Lipinski definition) is 1. The van der Waals surface area contributed by atoms with Crippen LogP contribution >= 0.6 is 0 Å². The van der Waals surface area contributed by atoms with Crippen LogP contribution in [0.2, 0.25) is 0 Å². The highest BCUT2D eigenvalue weighted by molar-refractivity contribution is 5.95. The first kappa shape index (κ1) is 19.6. The van der Waals surface area contributed by atoms with Crippen molar-refractivity contribution in [3.63, 3.8) is 0 Å². The van der Waals surface area contributed by atoms with Gasteiger partial charge in [0.15, 0.2) is 0 Å². The monoisotopic (exact) mass is 402 g/mol. The summed E-state index contributed by atoms with van der Waals surface area (Å²) in [5, 5.41) is 7.04.